The van der Waals surface area contributed by atoms with Gasteiger partial charge in [0.2, 0.25) is 5.69 Å². The minimum atomic E-state index is 0.491. The molecule has 0 aromatic heterocycles. The minimum absolute atomic E-state index is 0.491. The van der Waals surface area contributed by atoms with E-state index in [9.17, 15) is 0 Å². The van der Waals surface area contributed by atoms with E-state index in [-0.39, 0.29) is 0 Å². The summed E-state index contributed by atoms with van der Waals surface area (Å²) in [5.41, 5.74) is 4.24. The summed E-state index contributed by atoms with van der Waals surface area (Å²) >= 11 is 0. The number of fused-ring (bicyclic) bond motifs is 1. The molecule has 1 unspecified atom stereocenters. The molecule has 21 heavy (non-hydrogen) atoms. The van der Waals surface area contributed by atoms with Gasteiger partial charge in [-0.05, 0) is 26.1 Å². The Labute approximate surface area is 127 Å². The summed E-state index contributed by atoms with van der Waals surface area (Å²) in [5.74, 6) is 0.491. The van der Waals surface area contributed by atoms with Crippen LogP contribution in [0.1, 0.15) is 17.0 Å². The molecule has 0 saturated heterocycles. The average Bonchev–Trinajstić information content (AvgIpc) is 2.85. The van der Waals surface area contributed by atoms with Gasteiger partial charge in [0.05, 0.1) is 12.5 Å². The van der Waals surface area contributed by atoms with Gasteiger partial charge in [-0.1, -0.05) is 48.5 Å². The van der Waals surface area contributed by atoms with E-state index >= 15 is 0 Å². The third-order valence-corrected chi connectivity index (χ3v) is 4.09. The highest BCUT2D eigenvalue weighted by Crippen LogP contribution is 2.33. The summed E-state index contributed by atoms with van der Waals surface area (Å²) in [5, 5.41) is 0. The van der Waals surface area contributed by atoms with Gasteiger partial charge in [0.1, 0.15) is 0 Å². The molecule has 2 heteroatoms. The highest BCUT2D eigenvalue weighted by atomic mass is 15.1. The highest BCUT2D eigenvalue weighted by molar-refractivity contribution is 5.73. The second-order valence-corrected chi connectivity index (χ2v) is 6.00. The first-order chi connectivity index (χ1) is 10.2. The number of rotatable bonds is 5. The van der Waals surface area contributed by atoms with Crippen molar-refractivity contribution in [1.29, 1.82) is 0 Å². The zero-order valence-electron chi connectivity index (χ0n) is 12.9. The van der Waals surface area contributed by atoms with Crippen molar-refractivity contribution in [2.45, 2.75) is 12.3 Å². The van der Waals surface area contributed by atoms with Gasteiger partial charge in [-0.15, -0.1) is 0 Å². The molecule has 0 saturated carbocycles. The Morgan fingerprint density at radius 3 is 2.43 bits per heavy atom. The minimum Gasteiger partial charge on any atom is -0.303 e. The second kappa shape index (κ2) is 6.23. The van der Waals surface area contributed by atoms with E-state index in [1.807, 2.05) is 0 Å². The molecule has 0 N–H and O–H groups in total. The van der Waals surface area contributed by atoms with E-state index in [4.69, 9.17) is 0 Å². The SMILES string of the molecule is CN(C)CC[N+]1=CC(Cc2ccccc2)c2ccccc21. The molecule has 1 atom stereocenters. The summed E-state index contributed by atoms with van der Waals surface area (Å²) in [6.07, 6.45) is 3.48. The Bertz CT molecular complexity index is 629. The summed E-state index contributed by atoms with van der Waals surface area (Å²) < 4.78 is 2.42. The standard InChI is InChI=1S/C19H23N2/c1-20(2)12-13-21-15-17(14-16-8-4-3-5-9-16)18-10-6-7-11-19(18)21/h3-11,15,17H,12-14H2,1-2H3/q+1. The van der Waals surface area contributed by atoms with Crippen molar-refractivity contribution in [2.24, 2.45) is 0 Å². The number of hydrogen-bond acceptors (Lipinski definition) is 1. The maximum Gasteiger partial charge on any atom is 0.209 e. The van der Waals surface area contributed by atoms with Gasteiger partial charge in [-0.25, -0.2) is 4.58 Å². The van der Waals surface area contributed by atoms with Crippen molar-refractivity contribution >= 4 is 11.9 Å². The first kappa shape index (κ1) is 14.0. The molecule has 3 rings (SSSR count). The van der Waals surface area contributed by atoms with Gasteiger partial charge in [0.15, 0.2) is 12.8 Å². The first-order valence-electron chi connectivity index (χ1n) is 7.63. The average molecular weight is 279 g/mol. The van der Waals surface area contributed by atoms with Crippen molar-refractivity contribution in [1.82, 2.24) is 4.90 Å². The molecule has 0 aliphatic carbocycles. The zero-order chi connectivity index (χ0) is 14.7. The molecule has 0 radical (unpaired) electrons. The van der Waals surface area contributed by atoms with E-state index in [0.29, 0.717) is 5.92 Å². The van der Waals surface area contributed by atoms with Crippen molar-refractivity contribution in [3.05, 3.63) is 65.7 Å². The van der Waals surface area contributed by atoms with Crippen molar-refractivity contribution in [3.8, 4) is 0 Å². The van der Waals surface area contributed by atoms with Gasteiger partial charge in [0.25, 0.3) is 0 Å². The van der Waals surface area contributed by atoms with Crippen LogP contribution in [-0.4, -0.2) is 42.9 Å². The number of benzene rings is 2. The van der Waals surface area contributed by atoms with E-state index in [1.54, 1.807) is 0 Å². The lowest BCUT2D eigenvalue weighted by Crippen LogP contribution is -2.22. The van der Waals surface area contributed by atoms with E-state index < -0.39 is 0 Å². The normalized spacial score (nSPS) is 16.9. The molecule has 2 aromatic carbocycles. The molecule has 0 spiro atoms. The van der Waals surface area contributed by atoms with Crippen LogP contribution in [0, 0.1) is 0 Å². The van der Waals surface area contributed by atoms with Crippen LogP contribution >= 0.6 is 0 Å². The summed E-state index contributed by atoms with van der Waals surface area (Å²) in [4.78, 5) is 2.24. The Balaban J connectivity index is 1.84. The fourth-order valence-corrected chi connectivity index (χ4v) is 2.97. The van der Waals surface area contributed by atoms with Gasteiger partial charge >= 0.3 is 0 Å². The fourth-order valence-electron chi connectivity index (χ4n) is 2.97. The zero-order valence-corrected chi connectivity index (χ0v) is 12.9. The molecule has 1 heterocycles. The fraction of sp³-hybridized carbons (Fsp3) is 0.316. The monoisotopic (exact) mass is 279 g/mol. The van der Waals surface area contributed by atoms with E-state index in [0.717, 1.165) is 19.5 Å². The van der Waals surface area contributed by atoms with Crippen LogP contribution in [0.25, 0.3) is 0 Å². The van der Waals surface area contributed by atoms with Crippen LogP contribution in [0.4, 0.5) is 5.69 Å². The Morgan fingerprint density at radius 1 is 0.952 bits per heavy atom. The third-order valence-electron chi connectivity index (χ3n) is 4.09. The summed E-state index contributed by atoms with van der Waals surface area (Å²) in [6, 6.07) is 19.6. The third kappa shape index (κ3) is 3.22. The number of hydrogen-bond donors (Lipinski definition) is 0. The van der Waals surface area contributed by atoms with Crippen LogP contribution in [0.2, 0.25) is 0 Å². The molecule has 0 amide bonds. The molecule has 2 nitrogen and oxygen atoms in total. The lowest BCUT2D eigenvalue weighted by molar-refractivity contribution is -0.433. The molecule has 108 valence electrons. The first-order valence-corrected chi connectivity index (χ1v) is 7.63. The summed E-state index contributed by atoms with van der Waals surface area (Å²) in [6.45, 7) is 2.12. The van der Waals surface area contributed by atoms with Crippen LogP contribution in [-0.2, 0) is 6.42 Å². The quantitative estimate of drug-likeness (QED) is 0.761. The Morgan fingerprint density at radius 2 is 1.67 bits per heavy atom. The molecular formula is C19H23N2+. The topological polar surface area (TPSA) is 6.25 Å². The molecule has 2 aromatic rings. The van der Waals surface area contributed by atoms with E-state index in [2.05, 4.69) is 84.4 Å². The van der Waals surface area contributed by atoms with Gasteiger partial charge in [-0.2, -0.15) is 0 Å². The maximum atomic E-state index is 2.42. The lowest BCUT2D eigenvalue weighted by atomic mass is 9.94. The predicted molar refractivity (Wildman–Crippen MR) is 88.7 cm³/mol. The van der Waals surface area contributed by atoms with Crippen LogP contribution in [0.5, 0.6) is 0 Å². The van der Waals surface area contributed by atoms with Gasteiger partial charge in [-0.3, -0.25) is 0 Å². The highest BCUT2D eigenvalue weighted by Gasteiger charge is 2.29. The predicted octanol–water partition coefficient (Wildman–Crippen LogP) is 3.30. The smallest absolute Gasteiger partial charge is 0.209 e. The summed E-state index contributed by atoms with van der Waals surface area (Å²) in [7, 11) is 4.26. The molecule has 1 aliphatic heterocycles. The van der Waals surface area contributed by atoms with Crippen molar-refractivity contribution in [2.75, 3.05) is 27.2 Å². The van der Waals surface area contributed by atoms with Crippen LogP contribution in [0.15, 0.2) is 54.6 Å². The van der Waals surface area contributed by atoms with Gasteiger partial charge in [0, 0.05) is 11.6 Å². The number of nitrogens with zero attached hydrogens (tertiary/aromatic N) is 2. The molecular weight excluding hydrogens is 256 g/mol. The van der Waals surface area contributed by atoms with Crippen molar-refractivity contribution < 1.29 is 4.58 Å². The van der Waals surface area contributed by atoms with Crippen LogP contribution in [0.3, 0.4) is 0 Å². The van der Waals surface area contributed by atoms with Crippen LogP contribution < -0.4 is 0 Å². The maximum absolute atomic E-state index is 2.42. The number of para-hydroxylation sites is 1. The molecule has 1 aliphatic rings. The largest absolute Gasteiger partial charge is 0.303 e. The van der Waals surface area contributed by atoms with Gasteiger partial charge < -0.3 is 4.90 Å². The Kier molecular flexibility index (Phi) is 4.16. The second-order valence-electron chi connectivity index (χ2n) is 6.00. The van der Waals surface area contributed by atoms with Crippen molar-refractivity contribution in [3.63, 3.8) is 0 Å². The molecule has 0 fully saturated rings. The van der Waals surface area contributed by atoms with E-state index in [1.165, 1.54) is 16.8 Å². The molecule has 0 bridgehead atoms. The number of likely N-dealkylation sites (N-methyl/N-ethyl adjacent to an activating group) is 1. The Hall–Kier alpha value is -1.93. The lowest BCUT2D eigenvalue weighted by Gasteiger charge is -2.07.